The first-order chi connectivity index (χ1) is 9.70. The van der Waals surface area contributed by atoms with Gasteiger partial charge in [0, 0.05) is 12.1 Å². The number of ether oxygens (including phenoxy) is 1. The fourth-order valence-corrected chi connectivity index (χ4v) is 1.64. The number of nitrogens with two attached hydrogens (primary N) is 1. The second kappa shape index (κ2) is 6.69. The highest BCUT2D eigenvalue weighted by molar-refractivity contribution is 5.35. The maximum atomic E-state index is 13.6. The van der Waals surface area contributed by atoms with Crippen molar-refractivity contribution < 1.29 is 13.5 Å². The summed E-state index contributed by atoms with van der Waals surface area (Å²) in [6.45, 7) is -0.0212. The molecule has 0 aliphatic rings. The summed E-state index contributed by atoms with van der Waals surface area (Å²) >= 11 is 0. The highest BCUT2D eigenvalue weighted by Crippen LogP contribution is 2.23. The zero-order valence-corrected chi connectivity index (χ0v) is 10.7. The van der Waals surface area contributed by atoms with E-state index >= 15 is 0 Å². The summed E-state index contributed by atoms with van der Waals surface area (Å²) in [7, 11) is 0. The fraction of sp³-hybridized carbons (Fsp3) is 0.125. The zero-order chi connectivity index (χ0) is 14.4. The van der Waals surface area contributed by atoms with E-state index < -0.39 is 17.4 Å². The first-order valence-corrected chi connectivity index (χ1v) is 6.05. The summed E-state index contributed by atoms with van der Waals surface area (Å²) in [5.74, 6) is 3.57. The molecule has 0 aromatic heterocycles. The Kier molecular flexibility index (Phi) is 4.70. The molecule has 0 saturated heterocycles. The molecule has 0 aliphatic heterocycles. The molecule has 0 unspecified atom stereocenters. The Morgan fingerprint density at radius 3 is 2.30 bits per heavy atom. The van der Waals surface area contributed by atoms with E-state index in [-0.39, 0.29) is 13.2 Å². The smallest absolute Gasteiger partial charge is 0.192 e. The molecule has 2 nitrogen and oxygen atoms in total. The molecule has 0 aliphatic carbocycles. The molecule has 20 heavy (non-hydrogen) atoms. The quantitative estimate of drug-likeness (QED) is 0.873. The Hall–Kier alpha value is -2.38. The van der Waals surface area contributed by atoms with Crippen molar-refractivity contribution in [1.29, 1.82) is 0 Å². The van der Waals surface area contributed by atoms with Gasteiger partial charge in [0.05, 0.1) is 0 Å². The van der Waals surface area contributed by atoms with Crippen molar-refractivity contribution in [2.24, 2.45) is 5.73 Å². The van der Waals surface area contributed by atoms with E-state index in [0.29, 0.717) is 5.56 Å². The Morgan fingerprint density at radius 2 is 1.70 bits per heavy atom. The van der Waals surface area contributed by atoms with Gasteiger partial charge < -0.3 is 10.5 Å². The van der Waals surface area contributed by atoms with Crippen LogP contribution in [0.1, 0.15) is 11.1 Å². The summed E-state index contributed by atoms with van der Waals surface area (Å²) in [6, 6.07) is 11.6. The Labute approximate surface area is 116 Å². The van der Waals surface area contributed by atoms with Crippen molar-refractivity contribution in [2.75, 3.05) is 6.61 Å². The molecule has 0 bridgehead atoms. The molecule has 0 amide bonds. The lowest BCUT2D eigenvalue weighted by Crippen LogP contribution is -2.03. The van der Waals surface area contributed by atoms with Crippen LogP contribution in [0.2, 0.25) is 0 Å². The second-order valence-corrected chi connectivity index (χ2v) is 4.05. The molecule has 2 N–H and O–H groups in total. The lowest BCUT2D eigenvalue weighted by molar-refractivity contribution is 0.326. The monoisotopic (exact) mass is 273 g/mol. The van der Waals surface area contributed by atoms with Crippen molar-refractivity contribution >= 4 is 0 Å². The highest BCUT2D eigenvalue weighted by Gasteiger charge is 2.11. The van der Waals surface area contributed by atoms with Crippen molar-refractivity contribution in [3.63, 3.8) is 0 Å². The lowest BCUT2D eigenvalue weighted by atomic mass is 10.2. The van der Waals surface area contributed by atoms with E-state index in [2.05, 4.69) is 11.8 Å². The maximum absolute atomic E-state index is 13.6. The number of halogens is 2. The van der Waals surface area contributed by atoms with Gasteiger partial charge in [-0.25, -0.2) is 8.78 Å². The number of benzene rings is 2. The van der Waals surface area contributed by atoms with Crippen molar-refractivity contribution in [1.82, 2.24) is 0 Å². The van der Waals surface area contributed by atoms with Crippen LogP contribution in [0.3, 0.4) is 0 Å². The van der Waals surface area contributed by atoms with E-state index in [1.54, 1.807) is 0 Å². The van der Waals surface area contributed by atoms with Crippen LogP contribution in [-0.2, 0) is 6.54 Å². The minimum atomic E-state index is -0.771. The SMILES string of the molecule is NCc1cc(F)c(OCC#Cc2ccccc2)c(F)c1. The topological polar surface area (TPSA) is 35.2 Å². The van der Waals surface area contributed by atoms with Gasteiger partial charge in [-0.2, -0.15) is 0 Å². The summed E-state index contributed by atoms with van der Waals surface area (Å²) in [4.78, 5) is 0. The summed E-state index contributed by atoms with van der Waals surface area (Å²) in [5.41, 5.74) is 6.52. The maximum Gasteiger partial charge on any atom is 0.192 e. The van der Waals surface area contributed by atoms with Gasteiger partial charge in [0.15, 0.2) is 17.4 Å². The van der Waals surface area contributed by atoms with Gasteiger partial charge in [0.1, 0.15) is 6.61 Å². The fourth-order valence-electron chi connectivity index (χ4n) is 1.64. The van der Waals surface area contributed by atoms with E-state index in [9.17, 15) is 8.78 Å². The predicted octanol–water partition coefficient (Wildman–Crippen LogP) is 2.85. The van der Waals surface area contributed by atoms with E-state index in [0.717, 1.165) is 17.7 Å². The number of hydrogen-bond acceptors (Lipinski definition) is 2. The molecule has 0 heterocycles. The van der Waals surface area contributed by atoms with Crippen LogP contribution in [0.15, 0.2) is 42.5 Å². The average molecular weight is 273 g/mol. The number of rotatable bonds is 3. The standard InChI is InChI=1S/C16H13F2NO/c17-14-9-13(11-19)10-15(18)16(14)20-8-4-7-12-5-2-1-3-6-12/h1-3,5-6,9-10H,8,11,19H2. The summed E-state index contributed by atoms with van der Waals surface area (Å²) in [5, 5.41) is 0. The van der Waals surface area contributed by atoms with Gasteiger partial charge >= 0.3 is 0 Å². The van der Waals surface area contributed by atoms with Crippen LogP contribution < -0.4 is 10.5 Å². The molecule has 2 rings (SSSR count). The molecule has 0 spiro atoms. The Balaban J connectivity index is 2.03. The molecule has 2 aromatic carbocycles. The number of hydrogen-bond donors (Lipinski definition) is 1. The van der Waals surface area contributed by atoms with E-state index in [1.807, 2.05) is 30.3 Å². The van der Waals surface area contributed by atoms with Gasteiger partial charge in [0.2, 0.25) is 0 Å². The molecule has 0 fully saturated rings. The molecule has 102 valence electrons. The molecule has 0 atom stereocenters. The van der Waals surface area contributed by atoms with Gasteiger partial charge in [-0.15, -0.1) is 0 Å². The molecule has 0 radical (unpaired) electrons. The Bertz CT molecular complexity index is 622. The van der Waals surface area contributed by atoms with Crippen LogP contribution in [-0.4, -0.2) is 6.61 Å². The van der Waals surface area contributed by atoms with E-state index in [4.69, 9.17) is 10.5 Å². The molecule has 4 heteroatoms. The normalized spacial score (nSPS) is 9.75. The van der Waals surface area contributed by atoms with Crippen LogP contribution >= 0.6 is 0 Å². The van der Waals surface area contributed by atoms with Crippen LogP contribution in [0.5, 0.6) is 5.75 Å². The van der Waals surface area contributed by atoms with Crippen molar-refractivity contribution in [2.45, 2.75) is 6.54 Å². The molecule has 2 aromatic rings. The summed E-state index contributed by atoms with van der Waals surface area (Å²) in [6.07, 6.45) is 0. The largest absolute Gasteiger partial charge is 0.475 e. The first-order valence-electron chi connectivity index (χ1n) is 6.05. The van der Waals surface area contributed by atoms with Gasteiger partial charge in [-0.1, -0.05) is 30.0 Å². The van der Waals surface area contributed by atoms with Crippen LogP contribution in [0, 0.1) is 23.5 Å². The predicted molar refractivity (Wildman–Crippen MR) is 73.1 cm³/mol. The molecule has 0 saturated carbocycles. The van der Waals surface area contributed by atoms with Crippen LogP contribution in [0.4, 0.5) is 8.78 Å². The van der Waals surface area contributed by atoms with Crippen LogP contribution in [0.25, 0.3) is 0 Å². The average Bonchev–Trinajstić information content (AvgIpc) is 2.46. The van der Waals surface area contributed by atoms with E-state index in [1.165, 1.54) is 0 Å². The van der Waals surface area contributed by atoms with Gasteiger partial charge in [-0.05, 0) is 29.8 Å². The van der Waals surface area contributed by atoms with Gasteiger partial charge in [-0.3, -0.25) is 0 Å². The third-order valence-electron chi connectivity index (χ3n) is 2.59. The zero-order valence-electron chi connectivity index (χ0n) is 10.7. The second-order valence-electron chi connectivity index (χ2n) is 4.05. The summed E-state index contributed by atoms with van der Waals surface area (Å²) < 4.78 is 32.2. The Morgan fingerprint density at radius 1 is 1.05 bits per heavy atom. The third-order valence-corrected chi connectivity index (χ3v) is 2.59. The lowest BCUT2D eigenvalue weighted by Gasteiger charge is -2.06. The highest BCUT2D eigenvalue weighted by atomic mass is 19.1. The minimum absolute atomic E-state index is 0.0714. The van der Waals surface area contributed by atoms with Gasteiger partial charge in [0.25, 0.3) is 0 Å². The van der Waals surface area contributed by atoms with Crippen molar-refractivity contribution in [3.05, 3.63) is 65.2 Å². The minimum Gasteiger partial charge on any atom is -0.475 e. The first kappa shape index (κ1) is 14.0. The molecular weight excluding hydrogens is 260 g/mol. The van der Waals surface area contributed by atoms with Crippen molar-refractivity contribution in [3.8, 4) is 17.6 Å². The molecular formula is C16H13F2NO. The third kappa shape index (κ3) is 3.56.